The average molecular weight is 228 g/mol. The summed E-state index contributed by atoms with van der Waals surface area (Å²) in [6.45, 7) is -0.602. The van der Waals surface area contributed by atoms with Gasteiger partial charge in [0, 0.05) is 6.42 Å². The summed E-state index contributed by atoms with van der Waals surface area (Å²) in [5.74, 6) is -1.46. The quantitative estimate of drug-likeness (QED) is 0.345. The second-order valence-electron chi connectivity index (χ2n) is 3.19. The van der Waals surface area contributed by atoms with Crippen molar-refractivity contribution in [2.45, 2.75) is 30.6 Å². The first-order valence-electron chi connectivity index (χ1n) is 4.04. The summed E-state index contributed by atoms with van der Waals surface area (Å²) < 4.78 is 15.6. The lowest BCUT2D eigenvalue weighted by Gasteiger charge is -2.36. The number of hydrogen-bond donors (Lipinski definition) is 5. The first kappa shape index (κ1) is 12.1. The zero-order chi connectivity index (χ0) is 10.9. The van der Waals surface area contributed by atoms with Gasteiger partial charge >= 0.3 is 7.60 Å². The lowest BCUT2D eigenvalue weighted by molar-refractivity contribution is -0.163. The smallest absolute Gasteiger partial charge is 0.354 e. The number of aliphatic hydroxyl groups is 3. The predicted octanol–water partition coefficient (Wildman–Crippen LogP) is -2.01. The minimum atomic E-state index is -4.46. The summed E-state index contributed by atoms with van der Waals surface area (Å²) in [5.41, 5.74) is 0. The van der Waals surface area contributed by atoms with Crippen molar-refractivity contribution in [3.8, 4) is 0 Å². The Balaban J connectivity index is 2.73. The molecule has 1 aliphatic heterocycles. The number of ether oxygens (including phenoxy) is 1. The molecule has 0 bridgehead atoms. The molecule has 0 aromatic heterocycles. The van der Waals surface area contributed by atoms with Crippen LogP contribution in [-0.4, -0.2) is 55.9 Å². The fourth-order valence-corrected chi connectivity index (χ4v) is 2.10. The summed E-state index contributed by atoms with van der Waals surface area (Å²) in [7, 11) is -4.46. The highest BCUT2D eigenvalue weighted by molar-refractivity contribution is 7.52. The van der Waals surface area contributed by atoms with Crippen molar-refractivity contribution in [3.63, 3.8) is 0 Å². The monoisotopic (exact) mass is 228 g/mol. The molecule has 0 aromatic carbocycles. The molecule has 1 aliphatic rings. The number of aliphatic hydroxyl groups excluding tert-OH is 3. The average Bonchev–Trinajstić information content (AvgIpc) is 2.07. The third kappa shape index (κ3) is 2.52. The van der Waals surface area contributed by atoms with Crippen molar-refractivity contribution >= 4 is 7.60 Å². The lowest BCUT2D eigenvalue weighted by atomic mass is 10.0. The van der Waals surface area contributed by atoms with Gasteiger partial charge in [0.2, 0.25) is 0 Å². The van der Waals surface area contributed by atoms with Gasteiger partial charge in [-0.1, -0.05) is 0 Å². The molecule has 84 valence electrons. The van der Waals surface area contributed by atoms with Crippen LogP contribution in [0.1, 0.15) is 6.42 Å². The molecule has 0 aliphatic carbocycles. The van der Waals surface area contributed by atoms with Crippen molar-refractivity contribution in [2.75, 3.05) is 6.61 Å². The standard InChI is InChI=1S/C6H13O7P/c7-2-4-6(9)3(8)1-5(13-4)14(10,11)12/h3-9H,1-2H2,(H2,10,11,12)/t3-,4-,5+,6+/m1/s1. The molecule has 1 fully saturated rings. The summed E-state index contributed by atoms with van der Waals surface area (Å²) >= 11 is 0. The van der Waals surface area contributed by atoms with Gasteiger partial charge in [-0.2, -0.15) is 0 Å². The molecular formula is C6H13O7P. The van der Waals surface area contributed by atoms with Gasteiger partial charge in [-0.3, -0.25) is 4.57 Å². The highest BCUT2D eigenvalue weighted by atomic mass is 31.2. The number of hydrogen-bond acceptors (Lipinski definition) is 5. The van der Waals surface area contributed by atoms with E-state index in [-0.39, 0.29) is 6.42 Å². The third-order valence-electron chi connectivity index (χ3n) is 2.11. The van der Waals surface area contributed by atoms with Crippen LogP contribution in [0.3, 0.4) is 0 Å². The molecule has 7 nitrogen and oxygen atoms in total. The zero-order valence-electron chi connectivity index (χ0n) is 7.22. The molecule has 5 N–H and O–H groups in total. The maximum absolute atomic E-state index is 10.8. The van der Waals surface area contributed by atoms with E-state index in [4.69, 9.17) is 19.6 Å². The summed E-state index contributed by atoms with van der Waals surface area (Å²) in [5, 5.41) is 27.2. The van der Waals surface area contributed by atoms with E-state index in [0.717, 1.165) is 0 Å². The fraction of sp³-hybridized carbons (Fsp3) is 1.00. The van der Waals surface area contributed by atoms with Crippen LogP contribution in [0.15, 0.2) is 0 Å². The molecule has 1 rings (SSSR count). The van der Waals surface area contributed by atoms with E-state index < -0.39 is 38.4 Å². The van der Waals surface area contributed by atoms with Gasteiger partial charge in [-0.25, -0.2) is 0 Å². The maximum atomic E-state index is 10.8. The Morgan fingerprint density at radius 3 is 2.36 bits per heavy atom. The van der Waals surface area contributed by atoms with Gasteiger partial charge in [-0.05, 0) is 0 Å². The van der Waals surface area contributed by atoms with Gasteiger partial charge in [0.1, 0.15) is 12.2 Å². The van der Waals surface area contributed by atoms with E-state index in [2.05, 4.69) is 0 Å². The van der Waals surface area contributed by atoms with E-state index in [0.29, 0.717) is 0 Å². The van der Waals surface area contributed by atoms with Crippen molar-refractivity contribution < 1.29 is 34.4 Å². The molecule has 0 radical (unpaired) electrons. The fourth-order valence-electron chi connectivity index (χ4n) is 1.30. The van der Waals surface area contributed by atoms with E-state index in [1.54, 1.807) is 0 Å². The zero-order valence-corrected chi connectivity index (χ0v) is 8.12. The van der Waals surface area contributed by atoms with Gasteiger partial charge in [0.05, 0.1) is 12.7 Å². The highest BCUT2D eigenvalue weighted by Gasteiger charge is 2.43. The SMILES string of the molecule is O=P(O)(O)[C@H]1C[C@@H](O)[C@H](O)[C@@H](CO)O1. The Kier molecular flexibility index (Phi) is 3.65. The molecule has 0 unspecified atom stereocenters. The van der Waals surface area contributed by atoms with Gasteiger partial charge in [-0.15, -0.1) is 0 Å². The molecule has 14 heavy (non-hydrogen) atoms. The van der Waals surface area contributed by atoms with Crippen molar-refractivity contribution in [3.05, 3.63) is 0 Å². The Bertz CT molecular complexity index is 238. The van der Waals surface area contributed by atoms with Crippen LogP contribution in [0, 0.1) is 0 Å². The second kappa shape index (κ2) is 4.24. The second-order valence-corrected chi connectivity index (χ2v) is 4.95. The maximum Gasteiger partial charge on any atom is 0.354 e. The summed E-state index contributed by atoms with van der Waals surface area (Å²) in [6.07, 6.45) is -4.11. The summed E-state index contributed by atoms with van der Waals surface area (Å²) in [6, 6.07) is 0. The van der Waals surface area contributed by atoms with Crippen LogP contribution in [0.2, 0.25) is 0 Å². The van der Waals surface area contributed by atoms with E-state index >= 15 is 0 Å². The van der Waals surface area contributed by atoms with Crippen LogP contribution < -0.4 is 0 Å². The molecule has 0 spiro atoms. The Morgan fingerprint density at radius 1 is 1.36 bits per heavy atom. The molecule has 0 amide bonds. The van der Waals surface area contributed by atoms with Crippen molar-refractivity contribution in [2.24, 2.45) is 0 Å². The highest BCUT2D eigenvalue weighted by Crippen LogP contribution is 2.46. The van der Waals surface area contributed by atoms with Crippen LogP contribution in [0.4, 0.5) is 0 Å². The molecule has 1 heterocycles. The van der Waals surface area contributed by atoms with Crippen molar-refractivity contribution in [1.29, 1.82) is 0 Å². The molecular weight excluding hydrogens is 215 g/mol. The van der Waals surface area contributed by atoms with Crippen LogP contribution >= 0.6 is 7.60 Å². The van der Waals surface area contributed by atoms with Gasteiger partial charge in [0.25, 0.3) is 0 Å². The van der Waals surface area contributed by atoms with E-state index in [1.165, 1.54) is 0 Å². The lowest BCUT2D eigenvalue weighted by Crippen LogP contribution is -2.49. The van der Waals surface area contributed by atoms with Crippen molar-refractivity contribution in [1.82, 2.24) is 0 Å². The molecule has 1 saturated heterocycles. The van der Waals surface area contributed by atoms with Crippen LogP contribution in [0.25, 0.3) is 0 Å². The third-order valence-corrected chi connectivity index (χ3v) is 3.19. The van der Waals surface area contributed by atoms with E-state index in [9.17, 15) is 14.8 Å². The largest absolute Gasteiger partial charge is 0.394 e. The van der Waals surface area contributed by atoms with E-state index in [1.807, 2.05) is 0 Å². The predicted molar refractivity (Wildman–Crippen MR) is 44.4 cm³/mol. The van der Waals surface area contributed by atoms with Gasteiger partial charge < -0.3 is 29.8 Å². The summed E-state index contributed by atoms with van der Waals surface area (Å²) in [4.78, 5) is 17.5. The first-order chi connectivity index (χ1) is 6.36. The normalized spacial score (nSPS) is 39.8. The minimum absolute atomic E-state index is 0.345. The number of rotatable bonds is 2. The minimum Gasteiger partial charge on any atom is -0.394 e. The van der Waals surface area contributed by atoms with Gasteiger partial charge in [0.15, 0.2) is 5.85 Å². The molecule has 8 heteroatoms. The topological polar surface area (TPSA) is 127 Å². The van der Waals surface area contributed by atoms with Crippen LogP contribution in [-0.2, 0) is 9.30 Å². The Hall–Kier alpha value is -0.0100. The Morgan fingerprint density at radius 2 is 1.93 bits per heavy atom. The Labute approximate surface area is 80.1 Å². The molecule has 4 atom stereocenters. The van der Waals surface area contributed by atoms with Crippen LogP contribution in [0.5, 0.6) is 0 Å². The molecule has 0 aromatic rings. The molecule has 0 saturated carbocycles. The first-order valence-corrected chi connectivity index (χ1v) is 5.72.